The van der Waals surface area contributed by atoms with Gasteiger partial charge in [0.25, 0.3) is 0 Å². The SMILES string of the molecule is CCCC[C@H](NC(=O)[C@@H](NC(=O)[C@H](C)NC(=O)[C@H](CC(=O)O)NC(=O)[C@@H](N)CC(C)C)C(C)C)C(=O)N[C@@H](CCCN=C(N)N)C(=O)O. The number of hydrogen-bond donors (Lipinski definition) is 10. The summed E-state index contributed by atoms with van der Waals surface area (Å²) in [4.78, 5) is 91.9. The van der Waals surface area contributed by atoms with Crippen LogP contribution in [0.15, 0.2) is 4.99 Å². The molecule has 13 N–H and O–H groups in total. The molecule has 0 rings (SSSR count). The maximum atomic E-state index is 13.4. The molecule has 0 aromatic rings. The Morgan fingerprint density at radius 1 is 0.688 bits per heavy atom. The van der Waals surface area contributed by atoms with Crippen LogP contribution >= 0.6 is 0 Å². The van der Waals surface area contributed by atoms with Crippen molar-refractivity contribution in [3.63, 3.8) is 0 Å². The van der Waals surface area contributed by atoms with Crippen molar-refractivity contribution in [2.75, 3.05) is 6.54 Å². The predicted molar refractivity (Wildman–Crippen MR) is 177 cm³/mol. The van der Waals surface area contributed by atoms with Crippen LogP contribution in [0.1, 0.15) is 86.5 Å². The first-order chi connectivity index (χ1) is 22.3. The number of hydrogen-bond acceptors (Lipinski definition) is 9. The highest BCUT2D eigenvalue weighted by Gasteiger charge is 2.33. The fraction of sp³-hybridized carbons (Fsp3) is 0.733. The van der Waals surface area contributed by atoms with Crippen molar-refractivity contribution in [3.8, 4) is 0 Å². The Bertz CT molecular complexity index is 1140. The monoisotopic (exact) mass is 685 g/mol. The van der Waals surface area contributed by atoms with Crippen LogP contribution in [-0.4, -0.2) is 100 Å². The van der Waals surface area contributed by atoms with Crippen LogP contribution in [0.2, 0.25) is 0 Å². The van der Waals surface area contributed by atoms with E-state index in [9.17, 15) is 43.8 Å². The third kappa shape index (κ3) is 17.4. The van der Waals surface area contributed by atoms with Crippen molar-refractivity contribution in [2.45, 2.75) is 123 Å². The summed E-state index contributed by atoms with van der Waals surface area (Å²) in [5.74, 6) is -7.12. The third-order valence-corrected chi connectivity index (χ3v) is 7.11. The standard InChI is InChI=1S/C30H55N9O9/c1-7-8-10-19(26(44)37-20(29(47)48)11-9-12-34-30(32)33)36-28(46)23(16(4)5)39-24(42)17(6)35-27(45)21(14-22(40)41)38-25(43)18(31)13-15(2)3/h15-21,23H,7-14,31H2,1-6H3,(H,35,45)(H,36,46)(H,37,44)(H,38,43)(H,39,42)(H,40,41)(H,47,48)(H4,32,33,34)/t17-,18-,19-,20-,21-,23-/m0/s1. The van der Waals surface area contributed by atoms with Crippen molar-refractivity contribution in [1.82, 2.24) is 26.6 Å². The number of aliphatic imine (C=N–C) groups is 1. The number of unbranched alkanes of at least 4 members (excludes halogenated alkanes) is 1. The zero-order valence-corrected chi connectivity index (χ0v) is 28.7. The number of rotatable bonds is 23. The van der Waals surface area contributed by atoms with Gasteiger partial charge in [-0.3, -0.25) is 33.8 Å². The second-order valence-electron chi connectivity index (χ2n) is 12.4. The molecular weight excluding hydrogens is 630 g/mol. The maximum Gasteiger partial charge on any atom is 0.326 e. The van der Waals surface area contributed by atoms with Gasteiger partial charge in [0.15, 0.2) is 5.96 Å². The molecule has 0 fully saturated rings. The van der Waals surface area contributed by atoms with Crippen LogP contribution in [0.3, 0.4) is 0 Å². The van der Waals surface area contributed by atoms with Crippen LogP contribution < -0.4 is 43.8 Å². The molecule has 18 heteroatoms. The van der Waals surface area contributed by atoms with Gasteiger partial charge < -0.3 is 54.0 Å². The van der Waals surface area contributed by atoms with Gasteiger partial charge in [-0.05, 0) is 44.4 Å². The zero-order valence-electron chi connectivity index (χ0n) is 28.7. The zero-order chi connectivity index (χ0) is 37.1. The molecule has 274 valence electrons. The molecule has 0 unspecified atom stereocenters. The number of aliphatic carboxylic acids is 2. The van der Waals surface area contributed by atoms with E-state index in [-0.39, 0.29) is 37.7 Å². The molecule has 5 amide bonds. The summed E-state index contributed by atoms with van der Waals surface area (Å²) in [7, 11) is 0. The first-order valence-corrected chi connectivity index (χ1v) is 16.1. The lowest BCUT2D eigenvalue weighted by Crippen LogP contribution is -2.60. The number of nitrogens with zero attached hydrogens (tertiary/aromatic N) is 1. The van der Waals surface area contributed by atoms with E-state index in [1.807, 2.05) is 20.8 Å². The summed E-state index contributed by atoms with van der Waals surface area (Å²) in [6.07, 6.45) is 1.23. The van der Waals surface area contributed by atoms with Crippen molar-refractivity contribution in [2.24, 2.45) is 34.0 Å². The van der Waals surface area contributed by atoms with Gasteiger partial charge in [0.1, 0.15) is 30.2 Å². The van der Waals surface area contributed by atoms with Crippen LogP contribution in [0.25, 0.3) is 0 Å². The fourth-order valence-electron chi connectivity index (χ4n) is 4.44. The fourth-order valence-corrected chi connectivity index (χ4v) is 4.44. The lowest BCUT2D eigenvalue weighted by atomic mass is 10.0. The number of carboxylic acid groups (broad SMARTS) is 2. The molecule has 0 radical (unpaired) electrons. The molecule has 0 aliphatic carbocycles. The number of carboxylic acids is 2. The number of guanidine groups is 1. The number of nitrogens with two attached hydrogens (primary N) is 3. The second-order valence-corrected chi connectivity index (χ2v) is 12.4. The average molecular weight is 686 g/mol. The van der Waals surface area contributed by atoms with E-state index in [1.165, 1.54) is 6.92 Å². The topological polar surface area (TPSA) is 311 Å². The Morgan fingerprint density at radius 3 is 1.73 bits per heavy atom. The lowest BCUT2D eigenvalue weighted by Gasteiger charge is -2.27. The molecule has 0 aliphatic heterocycles. The van der Waals surface area contributed by atoms with E-state index >= 15 is 0 Å². The molecule has 0 spiro atoms. The van der Waals surface area contributed by atoms with Gasteiger partial charge in [-0.1, -0.05) is 47.5 Å². The highest BCUT2D eigenvalue weighted by atomic mass is 16.4. The van der Waals surface area contributed by atoms with E-state index in [1.54, 1.807) is 13.8 Å². The minimum Gasteiger partial charge on any atom is -0.481 e. The summed E-state index contributed by atoms with van der Waals surface area (Å²) in [6.45, 7) is 10.3. The van der Waals surface area contributed by atoms with Gasteiger partial charge in [-0.2, -0.15) is 0 Å². The highest BCUT2D eigenvalue weighted by Crippen LogP contribution is 2.09. The maximum absolute atomic E-state index is 13.4. The first-order valence-electron chi connectivity index (χ1n) is 16.1. The molecule has 0 aromatic carbocycles. The highest BCUT2D eigenvalue weighted by molar-refractivity contribution is 5.97. The molecule has 0 aliphatic rings. The minimum absolute atomic E-state index is 0.0301. The Hall–Kier alpha value is -4.48. The van der Waals surface area contributed by atoms with Crippen LogP contribution in [0, 0.1) is 11.8 Å². The predicted octanol–water partition coefficient (Wildman–Crippen LogP) is -1.74. The molecule has 0 aromatic heterocycles. The Morgan fingerprint density at radius 2 is 1.23 bits per heavy atom. The molecule has 18 nitrogen and oxygen atoms in total. The van der Waals surface area contributed by atoms with Gasteiger partial charge in [0.05, 0.1) is 12.5 Å². The van der Waals surface area contributed by atoms with Gasteiger partial charge in [-0.25, -0.2) is 4.79 Å². The van der Waals surface area contributed by atoms with Gasteiger partial charge >= 0.3 is 11.9 Å². The Balaban J connectivity index is 5.64. The summed E-state index contributed by atoms with van der Waals surface area (Å²) < 4.78 is 0. The van der Waals surface area contributed by atoms with E-state index in [0.717, 1.165) is 0 Å². The molecule has 0 saturated heterocycles. The number of amides is 5. The Labute approximate surface area is 281 Å². The van der Waals surface area contributed by atoms with Crippen LogP contribution in [0.5, 0.6) is 0 Å². The van der Waals surface area contributed by atoms with E-state index in [2.05, 4.69) is 31.6 Å². The smallest absolute Gasteiger partial charge is 0.326 e. The van der Waals surface area contributed by atoms with E-state index < -0.39 is 90.1 Å². The second kappa shape index (κ2) is 22.2. The van der Waals surface area contributed by atoms with Crippen LogP contribution in [-0.2, 0) is 33.6 Å². The summed E-state index contributed by atoms with van der Waals surface area (Å²) in [6, 6.07) is -7.32. The number of carbonyl (C=O) groups excluding carboxylic acids is 5. The van der Waals surface area contributed by atoms with Gasteiger partial charge in [0.2, 0.25) is 29.5 Å². The van der Waals surface area contributed by atoms with Gasteiger partial charge in [-0.15, -0.1) is 0 Å². The molecule has 0 heterocycles. The van der Waals surface area contributed by atoms with Crippen molar-refractivity contribution in [3.05, 3.63) is 0 Å². The molecule has 0 saturated carbocycles. The van der Waals surface area contributed by atoms with Crippen molar-refractivity contribution >= 4 is 47.4 Å². The van der Waals surface area contributed by atoms with Crippen LogP contribution in [0.4, 0.5) is 0 Å². The normalized spacial score (nSPS) is 14.8. The third-order valence-electron chi connectivity index (χ3n) is 7.11. The molecule has 6 atom stereocenters. The summed E-state index contributed by atoms with van der Waals surface area (Å²) in [5, 5.41) is 31.1. The summed E-state index contributed by atoms with van der Waals surface area (Å²) in [5.41, 5.74) is 16.4. The number of carbonyl (C=O) groups is 7. The Kier molecular flexibility index (Phi) is 20.1. The van der Waals surface area contributed by atoms with Crippen molar-refractivity contribution < 1.29 is 43.8 Å². The van der Waals surface area contributed by atoms with Crippen molar-refractivity contribution in [1.29, 1.82) is 0 Å². The number of nitrogens with one attached hydrogen (secondary N) is 5. The molecule has 48 heavy (non-hydrogen) atoms. The van der Waals surface area contributed by atoms with E-state index in [0.29, 0.717) is 19.3 Å². The molecule has 0 bridgehead atoms. The summed E-state index contributed by atoms with van der Waals surface area (Å²) >= 11 is 0. The average Bonchev–Trinajstić information content (AvgIpc) is 2.97. The minimum atomic E-state index is -1.52. The first kappa shape index (κ1) is 43.5. The van der Waals surface area contributed by atoms with E-state index in [4.69, 9.17) is 17.2 Å². The quantitative estimate of drug-likeness (QED) is 0.0326. The lowest BCUT2D eigenvalue weighted by molar-refractivity contribution is -0.143. The van der Waals surface area contributed by atoms with Gasteiger partial charge in [0, 0.05) is 6.54 Å². The largest absolute Gasteiger partial charge is 0.481 e. The molecular formula is C30H55N9O9.